The molecule has 1 aliphatic heterocycles. The second kappa shape index (κ2) is 8.50. The van der Waals surface area contributed by atoms with Crippen molar-refractivity contribution in [1.29, 1.82) is 0 Å². The zero-order valence-corrected chi connectivity index (χ0v) is 16.4. The fraction of sp³-hybridized carbons (Fsp3) is 0.375. The summed E-state index contributed by atoms with van der Waals surface area (Å²) >= 11 is 0. The number of aliphatic hydroxyl groups excluding tert-OH is 1. The second-order valence-electron chi connectivity index (χ2n) is 6.52. The van der Waals surface area contributed by atoms with Gasteiger partial charge in [0.2, 0.25) is 0 Å². The fourth-order valence-electron chi connectivity index (χ4n) is 2.79. The van der Waals surface area contributed by atoms with Crippen LogP contribution in [0.25, 0.3) is 0 Å². The summed E-state index contributed by atoms with van der Waals surface area (Å²) in [4.78, 5) is 45.4. The number of H-pyrrole nitrogens is 1. The van der Waals surface area contributed by atoms with Crippen LogP contribution in [0.15, 0.2) is 40.1 Å². The summed E-state index contributed by atoms with van der Waals surface area (Å²) in [6.45, 7) is 0.966. The third-order valence-electron chi connectivity index (χ3n) is 4.33. The number of aryl methyl sites for hydroxylation is 1. The van der Waals surface area contributed by atoms with Crippen molar-refractivity contribution in [2.24, 2.45) is 0 Å². The van der Waals surface area contributed by atoms with E-state index in [1.54, 1.807) is 0 Å². The van der Waals surface area contributed by atoms with Gasteiger partial charge in [0.1, 0.15) is 18.1 Å². The van der Waals surface area contributed by atoms with Gasteiger partial charge in [-0.2, -0.15) is 0 Å². The molecule has 0 bridgehead atoms. The molecule has 14 heteroatoms. The number of aromatic amines is 1. The molecule has 2 unspecified atom stereocenters. The Labute approximate surface area is 168 Å². The number of phosphoric acid groups is 1. The Kier molecular flexibility index (Phi) is 6.19. The first kappa shape index (κ1) is 21.9. The lowest BCUT2D eigenvalue weighted by Crippen LogP contribution is -2.33. The summed E-state index contributed by atoms with van der Waals surface area (Å²) in [7, 11) is -4.62. The van der Waals surface area contributed by atoms with Gasteiger partial charge in [-0.1, -0.05) is 0 Å². The lowest BCUT2D eigenvalue weighted by molar-refractivity contribution is -0.384. The monoisotopic (exact) mass is 443 g/mol. The zero-order valence-electron chi connectivity index (χ0n) is 15.5. The fourth-order valence-corrected chi connectivity index (χ4v) is 3.57. The number of ether oxygens (including phenoxy) is 1. The zero-order chi connectivity index (χ0) is 22.1. The molecular weight excluding hydrogens is 425 g/mol. The summed E-state index contributed by atoms with van der Waals surface area (Å²) in [6.07, 6.45) is -1.80. The molecule has 4 atom stereocenters. The highest BCUT2D eigenvalue weighted by Crippen LogP contribution is 2.45. The molecule has 1 aromatic heterocycles. The van der Waals surface area contributed by atoms with E-state index < -0.39 is 49.0 Å². The minimum Gasteiger partial charge on any atom is -0.404 e. The van der Waals surface area contributed by atoms with E-state index in [0.29, 0.717) is 0 Å². The van der Waals surface area contributed by atoms with Crippen LogP contribution in [0.2, 0.25) is 0 Å². The van der Waals surface area contributed by atoms with Crippen molar-refractivity contribution in [2.45, 2.75) is 31.8 Å². The number of non-ortho nitro benzene ring substituents is 1. The van der Waals surface area contributed by atoms with Gasteiger partial charge in [0, 0.05) is 30.3 Å². The van der Waals surface area contributed by atoms with E-state index in [2.05, 4.69) is 4.98 Å². The van der Waals surface area contributed by atoms with Gasteiger partial charge in [-0.05, 0) is 19.1 Å². The van der Waals surface area contributed by atoms with Crippen LogP contribution in [-0.2, 0) is 13.8 Å². The van der Waals surface area contributed by atoms with Gasteiger partial charge < -0.3 is 14.4 Å². The van der Waals surface area contributed by atoms with Gasteiger partial charge in [-0.15, -0.1) is 0 Å². The summed E-state index contributed by atoms with van der Waals surface area (Å²) in [6, 6.07) is 4.44. The molecule has 0 spiro atoms. The van der Waals surface area contributed by atoms with Crippen molar-refractivity contribution in [3.05, 3.63) is 67.0 Å². The topological polar surface area (TPSA) is 183 Å². The molecule has 1 saturated heterocycles. The normalized spacial score (nSPS) is 23.1. The third-order valence-corrected chi connectivity index (χ3v) is 5.25. The Bertz CT molecular complexity index is 1100. The Hall–Kier alpha value is -2.83. The van der Waals surface area contributed by atoms with Crippen molar-refractivity contribution >= 4 is 13.5 Å². The number of nitro groups is 1. The number of aromatic nitrogens is 2. The minimum absolute atomic E-state index is 0.0155. The van der Waals surface area contributed by atoms with Crippen molar-refractivity contribution in [1.82, 2.24) is 9.55 Å². The van der Waals surface area contributed by atoms with E-state index in [4.69, 9.17) is 13.8 Å². The van der Waals surface area contributed by atoms with Crippen LogP contribution in [0.4, 0.5) is 5.69 Å². The Morgan fingerprint density at radius 3 is 2.67 bits per heavy atom. The van der Waals surface area contributed by atoms with Gasteiger partial charge in [0.25, 0.3) is 11.2 Å². The number of aliphatic hydroxyl groups is 1. The first-order chi connectivity index (χ1) is 14.1. The Morgan fingerprint density at radius 2 is 2.03 bits per heavy atom. The van der Waals surface area contributed by atoms with Crippen molar-refractivity contribution in [2.75, 3.05) is 6.61 Å². The molecule has 30 heavy (non-hydrogen) atoms. The molecule has 0 radical (unpaired) electrons. The molecule has 162 valence electrons. The number of rotatable bonds is 7. The van der Waals surface area contributed by atoms with Crippen LogP contribution >= 0.6 is 7.82 Å². The van der Waals surface area contributed by atoms with Crippen LogP contribution in [0.1, 0.15) is 18.2 Å². The molecule has 1 aliphatic rings. The van der Waals surface area contributed by atoms with Crippen molar-refractivity contribution < 1.29 is 33.3 Å². The lowest BCUT2D eigenvalue weighted by Gasteiger charge is -2.18. The van der Waals surface area contributed by atoms with Gasteiger partial charge in [-0.3, -0.25) is 33.9 Å². The first-order valence-electron chi connectivity index (χ1n) is 8.63. The van der Waals surface area contributed by atoms with E-state index in [1.165, 1.54) is 13.1 Å². The first-order valence-corrected chi connectivity index (χ1v) is 10.1. The van der Waals surface area contributed by atoms with Gasteiger partial charge in [0.05, 0.1) is 17.6 Å². The molecule has 0 aliphatic carbocycles. The molecule has 3 N–H and O–H groups in total. The highest BCUT2D eigenvalue weighted by Gasteiger charge is 2.38. The number of hydrogen-bond acceptors (Lipinski definition) is 9. The van der Waals surface area contributed by atoms with Crippen LogP contribution < -0.4 is 15.8 Å². The van der Waals surface area contributed by atoms with Crippen LogP contribution in [-0.4, -0.2) is 43.3 Å². The van der Waals surface area contributed by atoms with Crippen LogP contribution in [0.3, 0.4) is 0 Å². The molecule has 1 fully saturated rings. The smallest absolute Gasteiger partial charge is 0.404 e. The predicted molar refractivity (Wildman–Crippen MR) is 100 cm³/mol. The number of nitro benzene ring substituents is 1. The summed E-state index contributed by atoms with van der Waals surface area (Å²) in [5.41, 5.74) is -1.22. The molecule has 0 amide bonds. The molecule has 3 rings (SSSR count). The maximum absolute atomic E-state index is 12.1. The Balaban J connectivity index is 1.62. The standard InChI is InChI=1S/C16H18N3O10P/c1-9-7-18(16(22)17-15(9)21)14-6-12(20)13(28-14)8-27-30(25,26)29-11-4-2-10(3-5-11)19(23)24/h2-5,7,12-14,20H,6,8H2,1H3,(H,25,26)(H,17,21,22)/t12?,13-,14-/m1/s1. The molecule has 1 aromatic carbocycles. The average Bonchev–Trinajstić information content (AvgIpc) is 3.03. The Morgan fingerprint density at radius 1 is 1.37 bits per heavy atom. The summed E-state index contributed by atoms with van der Waals surface area (Å²) in [5, 5.41) is 20.8. The third kappa shape index (κ3) is 5.01. The molecule has 13 nitrogen and oxygen atoms in total. The van der Waals surface area contributed by atoms with Crippen LogP contribution in [0, 0.1) is 17.0 Å². The van der Waals surface area contributed by atoms with Gasteiger partial charge in [-0.25, -0.2) is 9.36 Å². The van der Waals surface area contributed by atoms with E-state index >= 15 is 0 Å². The number of hydrogen-bond donors (Lipinski definition) is 3. The van der Waals surface area contributed by atoms with E-state index in [1.807, 2.05) is 0 Å². The minimum atomic E-state index is -4.62. The maximum atomic E-state index is 12.1. The van der Waals surface area contributed by atoms with Crippen LogP contribution in [0.5, 0.6) is 5.75 Å². The van der Waals surface area contributed by atoms with Gasteiger partial charge >= 0.3 is 13.5 Å². The summed E-state index contributed by atoms with van der Waals surface area (Å²) in [5.74, 6) is -0.132. The number of phosphoric ester groups is 1. The highest BCUT2D eigenvalue weighted by molar-refractivity contribution is 7.47. The van der Waals surface area contributed by atoms with E-state index in [9.17, 15) is 34.3 Å². The number of nitrogens with zero attached hydrogens (tertiary/aromatic N) is 2. The maximum Gasteiger partial charge on any atom is 0.527 e. The highest BCUT2D eigenvalue weighted by atomic mass is 31.2. The molecule has 2 heterocycles. The molecule has 2 aromatic rings. The number of nitrogens with one attached hydrogen (secondary N) is 1. The number of benzene rings is 1. The van der Waals surface area contributed by atoms with Crippen molar-refractivity contribution in [3.63, 3.8) is 0 Å². The van der Waals surface area contributed by atoms with Crippen molar-refractivity contribution in [3.8, 4) is 5.75 Å². The molecule has 0 saturated carbocycles. The van der Waals surface area contributed by atoms with Gasteiger partial charge in [0.15, 0.2) is 0 Å². The molecular formula is C16H18N3O10P. The quantitative estimate of drug-likeness (QED) is 0.311. The summed E-state index contributed by atoms with van der Waals surface area (Å²) < 4.78 is 28.4. The average molecular weight is 443 g/mol. The predicted octanol–water partition coefficient (Wildman–Crippen LogP) is 0.598. The lowest BCUT2D eigenvalue weighted by atomic mass is 10.2. The largest absolute Gasteiger partial charge is 0.527 e. The second-order valence-corrected chi connectivity index (χ2v) is 7.90. The SMILES string of the molecule is Cc1cn([C@H]2CC(O)[C@@H](COP(=O)(O)Oc3ccc([N+](=O)[O-])cc3)O2)c(=O)[nH]c1=O. The van der Waals surface area contributed by atoms with E-state index in [-0.39, 0.29) is 23.4 Å². The van der Waals surface area contributed by atoms with E-state index in [0.717, 1.165) is 28.8 Å².